The fourth-order valence-corrected chi connectivity index (χ4v) is 2.32. The van der Waals surface area contributed by atoms with E-state index in [9.17, 15) is 9.59 Å². The van der Waals surface area contributed by atoms with E-state index >= 15 is 0 Å². The normalized spacial score (nSPS) is 10.9. The Kier molecular flexibility index (Phi) is 11.0. The van der Waals surface area contributed by atoms with Gasteiger partial charge in [0.2, 0.25) is 0 Å². The van der Waals surface area contributed by atoms with E-state index in [4.69, 9.17) is 25.8 Å². The number of carbonyl (C=O) groups excluding carboxylic acids is 2. The molecular weight excluding hydrogens is 386 g/mol. The van der Waals surface area contributed by atoms with Gasteiger partial charge in [-0.3, -0.25) is 9.59 Å². The smallest absolute Gasteiger partial charge is 0.329 e. The number of benzene rings is 1. The molecule has 156 valence electrons. The fraction of sp³-hybridized carbons (Fsp3) is 0.526. The Hall–Kier alpha value is -2.32. The lowest BCUT2D eigenvalue weighted by Crippen LogP contribution is -2.38. The minimum absolute atomic E-state index is 0.132. The molecule has 0 atom stereocenters. The predicted octanol–water partition coefficient (Wildman–Crippen LogP) is 2.52. The second kappa shape index (κ2) is 13.0. The van der Waals surface area contributed by atoms with Crippen LogP contribution in [0.5, 0.6) is 11.5 Å². The molecule has 1 rings (SSSR count). The second-order valence-electron chi connectivity index (χ2n) is 6.11. The van der Waals surface area contributed by atoms with Crippen molar-refractivity contribution in [1.29, 1.82) is 0 Å². The van der Waals surface area contributed by atoms with Gasteiger partial charge in [-0.2, -0.15) is 5.10 Å². The SMILES string of the molecule is CCCOc1c(Cl)cc(/C=N\NC(=O)C(=O)NCCCOC(C)C)cc1OC. The van der Waals surface area contributed by atoms with Gasteiger partial charge in [-0.15, -0.1) is 0 Å². The molecule has 0 fully saturated rings. The summed E-state index contributed by atoms with van der Waals surface area (Å²) in [6.07, 6.45) is 2.94. The van der Waals surface area contributed by atoms with Crippen molar-refractivity contribution in [1.82, 2.24) is 10.7 Å². The lowest BCUT2D eigenvalue weighted by Gasteiger charge is -2.12. The van der Waals surface area contributed by atoms with Crippen LogP contribution in [0, 0.1) is 0 Å². The molecule has 1 aromatic rings. The van der Waals surface area contributed by atoms with Crippen LogP contribution in [0.25, 0.3) is 0 Å². The van der Waals surface area contributed by atoms with Gasteiger partial charge in [0.1, 0.15) is 0 Å². The molecular formula is C19H28ClN3O5. The van der Waals surface area contributed by atoms with Crippen molar-refractivity contribution in [3.05, 3.63) is 22.7 Å². The molecule has 0 saturated heterocycles. The van der Waals surface area contributed by atoms with E-state index in [0.29, 0.717) is 48.3 Å². The minimum atomic E-state index is -0.859. The molecule has 0 radical (unpaired) electrons. The van der Waals surface area contributed by atoms with E-state index in [2.05, 4.69) is 15.8 Å². The topological polar surface area (TPSA) is 98.2 Å². The number of nitrogens with one attached hydrogen (secondary N) is 2. The van der Waals surface area contributed by atoms with E-state index in [-0.39, 0.29) is 6.10 Å². The van der Waals surface area contributed by atoms with Gasteiger partial charge in [0.25, 0.3) is 0 Å². The number of ether oxygens (including phenoxy) is 3. The van der Waals surface area contributed by atoms with E-state index in [1.54, 1.807) is 12.1 Å². The van der Waals surface area contributed by atoms with Gasteiger partial charge in [-0.05, 0) is 44.4 Å². The van der Waals surface area contributed by atoms with Gasteiger partial charge in [-0.25, -0.2) is 5.43 Å². The zero-order valence-electron chi connectivity index (χ0n) is 16.7. The summed E-state index contributed by atoms with van der Waals surface area (Å²) in [5, 5.41) is 6.63. The highest BCUT2D eigenvalue weighted by Gasteiger charge is 2.13. The third-order valence-electron chi connectivity index (χ3n) is 3.35. The minimum Gasteiger partial charge on any atom is -0.493 e. The Morgan fingerprint density at radius 1 is 1.25 bits per heavy atom. The largest absolute Gasteiger partial charge is 0.493 e. The van der Waals surface area contributed by atoms with Crippen LogP contribution in [-0.4, -0.2) is 51.0 Å². The summed E-state index contributed by atoms with van der Waals surface area (Å²) in [5.74, 6) is -0.717. The van der Waals surface area contributed by atoms with Gasteiger partial charge < -0.3 is 19.5 Å². The van der Waals surface area contributed by atoms with Crippen molar-refractivity contribution in [2.75, 3.05) is 26.9 Å². The number of halogens is 1. The number of carbonyl (C=O) groups is 2. The average molecular weight is 414 g/mol. The first kappa shape index (κ1) is 23.7. The molecule has 0 aromatic heterocycles. The molecule has 0 bridgehead atoms. The number of nitrogens with zero attached hydrogens (tertiary/aromatic N) is 1. The maximum atomic E-state index is 11.7. The lowest BCUT2D eigenvalue weighted by molar-refractivity contribution is -0.139. The molecule has 28 heavy (non-hydrogen) atoms. The fourth-order valence-electron chi connectivity index (χ4n) is 2.05. The summed E-state index contributed by atoms with van der Waals surface area (Å²) in [7, 11) is 1.50. The Morgan fingerprint density at radius 3 is 2.64 bits per heavy atom. The van der Waals surface area contributed by atoms with Gasteiger partial charge in [0.15, 0.2) is 11.5 Å². The standard InChI is InChI=1S/C19H28ClN3O5/c1-5-8-28-17-15(20)10-14(11-16(17)26-4)12-22-23-19(25)18(24)21-7-6-9-27-13(2)3/h10-13H,5-9H2,1-4H3,(H,21,24)(H,23,25)/b22-12-. The lowest BCUT2D eigenvalue weighted by atomic mass is 10.2. The van der Waals surface area contributed by atoms with Gasteiger partial charge in [0.05, 0.1) is 31.1 Å². The highest BCUT2D eigenvalue weighted by atomic mass is 35.5. The summed E-state index contributed by atoms with van der Waals surface area (Å²) < 4.78 is 16.2. The first-order valence-corrected chi connectivity index (χ1v) is 9.50. The number of methoxy groups -OCH3 is 1. The Morgan fingerprint density at radius 2 is 2.00 bits per heavy atom. The summed E-state index contributed by atoms with van der Waals surface area (Å²) >= 11 is 6.21. The molecule has 0 saturated carbocycles. The summed E-state index contributed by atoms with van der Waals surface area (Å²) in [4.78, 5) is 23.4. The summed E-state index contributed by atoms with van der Waals surface area (Å²) in [6, 6.07) is 3.29. The molecule has 0 aliphatic carbocycles. The van der Waals surface area contributed by atoms with Crippen molar-refractivity contribution in [2.45, 2.75) is 39.7 Å². The molecule has 0 heterocycles. The Bertz CT molecular complexity index is 680. The van der Waals surface area contributed by atoms with Gasteiger partial charge >= 0.3 is 11.8 Å². The van der Waals surface area contributed by atoms with E-state index in [1.807, 2.05) is 20.8 Å². The number of hydrogen-bond acceptors (Lipinski definition) is 6. The van der Waals surface area contributed by atoms with Crippen LogP contribution < -0.4 is 20.2 Å². The number of amides is 2. The molecule has 2 amide bonds. The quantitative estimate of drug-likeness (QED) is 0.251. The van der Waals surface area contributed by atoms with E-state index in [1.165, 1.54) is 13.3 Å². The van der Waals surface area contributed by atoms with Crippen LogP contribution >= 0.6 is 11.6 Å². The third-order valence-corrected chi connectivity index (χ3v) is 3.63. The first-order chi connectivity index (χ1) is 13.4. The van der Waals surface area contributed by atoms with Crippen LogP contribution in [0.3, 0.4) is 0 Å². The van der Waals surface area contributed by atoms with Crippen molar-refractivity contribution in [3.63, 3.8) is 0 Å². The Balaban J connectivity index is 2.54. The van der Waals surface area contributed by atoms with E-state index < -0.39 is 11.8 Å². The molecule has 9 heteroatoms. The highest BCUT2D eigenvalue weighted by Crippen LogP contribution is 2.36. The maximum absolute atomic E-state index is 11.7. The number of hydrazone groups is 1. The van der Waals surface area contributed by atoms with Crippen LogP contribution in [0.15, 0.2) is 17.2 Å². The Labute approximate surface area is 170 Å². The van der Waals surface area contributed by atoms with Crippen LogP contribution in [-0.2, 0) is 14.3 Å². The van der Waals surface area contributed by atoms with Crippen molar-refractivity contribution < 1.29 is 23.8 Å². The molecule has 0 spiro atoms. The zero-order valence-corrected chi connectivity index (χ0v) is 17.5. The van der Waals surface area contributed by atoms with Crippen molar-refractivity contribution in [3.8, 4) is 11.5 Å². The highest BCUT2D eigenvalue weighted by molar-refractivity contribution is 6.35. The molecule has 8 nitrogen and oxygen atoms in total. The van der Waals surface area contributed by atoms with Crippen LogP contribution in [0.4, 0.5) is 0 Å². The number of rotatable bonds is 11. The molecule has 0 aliphatic rings. The van der Waals surface area contributed by atoms with Crippen molar-refractivity contribution in [2.24, 2.45) is 5.10 Å². The maximum Gasteiger partial charge on any atom is 0.329 e. The monoisotopic (exact) mass is 413 g/mol. The first-order valence-electron chi connectivity index (χ1n) is 9.12. The molecule has 2 N–H and O–H groups in total. The van der Waals surface area contributed by atoms with E-state index in [0.717, 1.165) is 6.42 Å². The van der Waals surface area contributed by atoms with Crippen LogP contribution in [0.1, 0.15) is 39.2 Å². The van der Waals surface area contributed by atoms with Crippen molar-refractivity contribution >= 4 is 29.6 Å². The summed E-state index contributed by atoms with van der Waals surface area (Å²) in [5.41, 5.74) is 2.75. The second-order valence-corrected chi connectivity index (χ2v) is 6.52. The van der Waals surface area contributed by atoms with Crippen LogP contribution in [0.2, 0.25) is 5.02 Å². The number of hydrogen-bond donors (Lipinski definition) is 2. The molecule has 0 aliphatic heterocycles. The van der Waals surface area contributed by atoms with Gasteiger partial charge in [0, 0.05) is 13.2 Å². The molecule has 1 aromatic carbocycles. The zero-order chi connectivity index (χ0) is 20.9. The van der Waals surface area contributed by atoms with Gasteiger partial charge in [-0.1, -0.05) is 18.5 Å². The molecule has 0 unspecified atom stereocenters. The summed E-state index contributed by atoms with van der Waals surface area (Å²) in [6.45, 7) is 7.21. The third kappa shape index (κ3) is 8.58. The predicted molar refractivity (Wildman–Crippen MR) is 108 cm³/mol. The average Bonchev–Trinajstić information content (AvgIpc) is 2.65.